The van der Waals surface area contributed by atoms with E-state index in [2.05, 4.69) is 15.6 Å². The second-order valence-corrected chi connectivity index (χ2v) is 3.19. The number of aromatic nitrogens is 1. The van der Waals surface area contributed by atoms with E-state index < -0.39 is 0 Å². The summed E-state index contributed by atoms with van der Waals surface area (Å²) >= 11 is 0. The number of rotatable bonds is 2. The van der Waals surface area contributed by atoms with Gasteiger partial charge in [-0.2, -0.15) is 0 Å². The van der Waals surface area contributed by atoms with Crippen molar-refractivity contribution in [1.29, 1.82) is 0 Å². The first-order valence-electron chi connectivity index (χ1n) is 4.43. The number of hydrogen-bond acceptors (Lipinski definition) is 3. The molecule has 1 fully saturated rings. The molecule has 1 saturated heterocycles. The van der Waals surface area contributed by atoms with Crippen molar-refractivity contribution >= 4 is 5.69 Å². The first-order valence-corrected chi connectivity index (χ1v) is 4.43. The van der Waals surface area contributed by atoms with Gasteiger partial charge in [0.25, 0.3) is 0 Å². The number of nitrogens with zero attached hydrogens (tertiary/aromatic N) is 1. The van der Waals surface area contributed by atoms with Crippen molar-refractivity contribution in [2.24, 2.45) is 0 Å². The maximum absolute atomic E-state index is 13.1. The lowest BCUT2D eigenvalue weighted by Crippen LogP contribution is -2.22. The minimum absolute atomic E-state index is 0.283. The molecule has 0 radical (unpaired) electrons. The predicted molar refractivity (Wildman–Crippen MR) is 49.1 cm³/mol. The van der Waals surface area contributed by atoms with Gasteiger partial charge >= 0.3 is 0 Å². The van der Waals surface area contributed by atoms with Crippen LogP contribution >= 0.6 is 0 Å². The van der Waals surface area contributed by atoms with Crippen molar-refractivity contribution in [3.63, 3.8) is 0 Å². The maximum atomic E-state index is 13.1. The lowest BCUT2D eigenvalue weighted by atomic mass is 10.2. The largest absolute Gasteiger partial charge is 0.379 e. The highest BCUT2D eigenvalue weighted by atomic mass is 19.1. The normalized spacial score (nSPS) is 21.8. The van der Waals surface area contributed by atoms with E-state index >= 15 is 0 Å². The van der Waals surface area contributed by atoms with Gasteiger partial charge in [-0.05, 0) is 19.0 Å². The predicted octanol–water partition coefficient (Wildman–Crippen LogP) is 0.994. The van der Waals surface area contributed by atoms with E-state index in [0.717, 1.165) is 19.5 Å². The number of halogens is 1. The highest BCUT2D eigenvalue weighted by Crippen LogP contribution is 2.14. The Bertz CT molecular complexity index is 284. The molecule has 1 atom stereocenters. The summed E-state index contributed by atoms with van der Waals surface area (Å²) in [4.78, 5) is 3.69. The summed E-state index contributed by atoms with van der Waals surface area (Å²) in [6, 6.07) is 2.00. The Morgan fingerprint density at radius 2 is 2.54 bits per heavy atom. The van der Waals surface area contributed by atoms with Gasteiger partial charge in [0.15, 0.2) is 5.82 Å². The monoisotopic (exact) mass is 181 g/mol. The van der Waals surface area contributed by atoms with Crippen molar-refractivity contribution in [2.45, 2.75) is 12.5 Å². The number of nitrogens with one attached hydrogen (secondary N) is 2. The molecule has 0 aromatic carbocycles. The van der Waals surface area contributed by atoms with Crippen LogP contribution in [0.15, 0.2) is 18.5 Å². The van der Waals surface area contributed by atoms with E-state index in [1.165, 1.54) is 6.20 Å². The van der Waals surface area contributed by atoms with Crippen LogP contribution in [0.1, 0.15) is 6.42 Å². The Kier molecular flexibility index (Phi) is 2.40. The summed E-state index contributed by atoms with van der Waals surface area (Å²) in [7, 11) is 0. The van der Waals surface area contributed by atoms with E-state index in [1.807, 2.05) is 0 Å². The molecule has 3 nitrogen and oxygen atoms in total. The summed E-state index contributed by atoms with van der Waals surface area (Å²) in [6.45, 7) is 1.91. The Morgan fingerprint density at radius 3 is 3.23 bits per heavy atom. The molecule has 0 saturated carbocycles. The molecule has 1 aliphatic heterocycles. The van der Waals surface area contributed by atoms with Crippen LogP contribution in [0.4, 0.5) is 10.1 Å². The molecule has 2 rings (SSSR count). The Labute approximate surface area is 76.4 Å². The van der Waals surface area contributed by atoms with Gasteiger partial charge in [-0.15, -0.1) is 0 Å². The molecular weight excluding hydrogens is 169 g/mol. The van der Waals surface area contributed by atoms with Crippen LogP contribution in [0.3, 0.4) is 0 Å². The highest BCUT2D eigenvalue weighted by Gasteiger charge is 2.14. The summed E-state index contributed by atoms with van der Waals surface area (Å²) in [5, 5.41) is 6.34. The minimum Gasteiger partial charge on any atom is -0.379 e. The van der Waals surface area contributed by atoms with Gasteiger partial charge in [0.05, 0.1) is 11.9 Å². The van der Waals surface area contributed by atoms with E-state index in [0.29, 0.717) is 11.7 Å². The molecule has 4 heteroatoms. The Hall–Kier alpha value is -1.16. The fourth-order valence-corrected chi connectivity index (χ4v) is 1.49. The summed E-state index contributed by atoms with van der Waals surface area (Å²) in [5.41, 5.74) is 0.545. The van der Waals surface area contributed by atoms with Crippen molar-refractivity contribution in [3.8, 4) is 0 Å². The molecule has 2 N–H and O–H groups in total. The van der Waals surface area contributed by atoms with Crippen LogP contribution < -0.4 is 10.6 Å². The molecule has 1 unspecified atom stereocenters. The molecule has 1 aromatic rings. The first kappa shape index (κ1) is 8.44. The molecule has 0 aliphatic carbocycles. The third-order valence-corrected chi connectivity index (χ3v) is 2.19. The lowest BCUT2D eigenvalue weighted by Gasteiger charge is -2.12. The molecule has 2 heterocycles. The zero-order chi connectivity index (χ0) is 9.10. The average molecular weight is 181 g/mol. The van der Waals surface area contributed by atoms with E-state index in [-0.39, 0.29) is 5.82 Å². The Morgan fingerprint density at radius 1 is 1.62 bits per heavy atom. The summed E-state index contributed by atoms with van der Waals surface area (Å²) in [5.74, 6) is -0.283. The topological polar surface area (TPSA) is 37.0 Å². The second kappa shape index (κ2) is 3.70. The van der Waals surface area contributed by atoms with E-state index in [9.17, 15) is 4.39 Å². The van der Waals surface area contributed by atoms with Crippen LogP contribution in [0, 0.1) is 5.82 Å². The van der Waals surface area contributed by atoms with E-state index in [4.69, 9.17) is 0 Å². The maximum Gasteiger partial charge on any atom is 0.164 e. The minimum atomic E-state index is -0.283. The quantitative estimate of drug-likeness (QED) is 0.714. The number of anilines is 1. The molecule has 1 aliphatic rings. The second-order valence-electron chi connectivity index (χ2n) is 3.19. The van der Waals surface area contributed by atoms with Crippen LogP contribution in [0.25, 0.3) is 0 Å². The molecule has 0 amide bonds. The van der Waals surface area contributed by atoms with Gasteiger partial charge in [-0.25, -0.2) is 4.39 Å². The van der Waals surface area contributed by atoms with Crippen LogP contribution in [-0.2, 0) is 0 Å². The van der Waals surface area contributed by atoms with Gasteiger partial charge in [0, 0.05) is 18.8 Å². The number of pyridine rings is 1. The fourth-order valence-electron chi connectivity index (χ4n) is 1.49. The first-order chi connectivity index (χ1) is 6.36. The Balaban J connectivity index is 2.04. The molecule has 70 valence electrons. The zero-order valence-corrected chi connectivity index (χ0v) is 7.26. The molecule has 0 spiro atoms. The standard InChI is InChI=1S/C9H12FN3/c10-8-6-12-4-2-9(8)13-7-1-3-11-5-7/h2,4,6-7,11H,1,3,5H2,(H,12,13). The third-order valence-electron chi connectivity index (χ3n) is 2.19. The zero-order valence-electron chi connectivity index (χ0n) is 7.26. The van der Waals surface area contributed by atoms with Crippen LogP contribution in [0.5, 0.6) is 0 Å². The van der Waals surface area contributed by atoms with Crippen LogP contribution in [0.2, 0.25) is 0 Å². The average Bonchev–Trinajstić information content (AvgIpc) is 2.61. The molecule has 0 bridgehead atoms. The van der Waals surface area contributed by atoms with Crippen molar-refractivity contribution in [1.82, 2.24) is 10.3 Å². The van der Waals surface area contributed by atoms with Crippen molar-refractivity contribution < 1.29 is 4.39 Å². The summed E-state index contributed by atoms with van der Waals surface area (Å²) in [6.07, 6.45) is 3.86. The van der Waals surface area contributed by atoms with Crippen molar-refractivity contribution in [2.75, 3.05) is 18.4 Å². The third kappa shape index (κ3) is 1.95. The SMILES string of the molecule is Fc1cnccc1NC1CCNC1. The fraction of sp³-hybridized carbons (Fsp3) is 0.444. The smallest absolute Gasteiger partial charge is 0.164 e. The molecule has 1 aromatic heterocycles. The lowest BCUT2D eigenvalue weighted by molar-refractivity contribution is 0.620. The highest BCUT2D eigenvalue weighted by molar-refractivity contribution is 5.43. The summed E-state index contributed by atoms with van der Waals surface area (Å²) < 4.78 is 13.1. The van der Waals surface area contributed by atoms with Gasteiger partial charge < -0.3 is 10.6 Å². The van der Waals surface area contributed by atoms with Gasteiger partial charge in [0.1, 0.15) is 0 Å². The van der Waals surface area contributed by atoms with E-state index in [1.54, 1.807) is 12.3 Å². The number of hydrogen-bond donors (Lipinski definition) is 2. The van der Waals surface area contributed by atoms with Gasteiger partial charge in [-0.3, -0.25) is 4.98 Å². The van der Waals surface area contributed by atoms with Gasteiger partial charge in [0.2, 0.25) is 0 Å². The molecular formula is C9H12FN3. The van der Waals surface area contributed by atoms with Crippen LogP contribution in [-0.4, -0.2) is 24.1 Å². The van der Waals surface area contributed by atoms with Gasteiger partial charge in [-0.1, -0.05) is 0 Å². The van der Waals surface area contributed by atoms with Crippen molar-refractivity contribution in [3.05, 3.63) is 24.3 Å². The molecule has 13 heavy (non-hydrogen) atoms.